The van der Waals surface area contributed by atoms with E-state index in [1.54, 1.807) is 34.9 Å². The summed E-state index contributed by atoms with van der Waals surface area (Å²) in [5.74, 6) is 0.163. The maximum atomic E-state index is 12.2. The molecule has 0 unspecified atom stereocenters. The minimum Gasteiger partial charge on any atom is -0.406 e. The molecule has 3 aromatic rings. The SMILES string of the molecule is FC(F)(F)Oc1cccc(-c2nnc3ccccn23)c1. The van der Waals surface area contributed by atoms with Gasteiger partial charge in [0, 0.05) is 11.8 Å². The quantitative estimate of drug-likeness (QED) is 0.722. The van der Waals surface area contributed by atoms with E-state index in [9.17, 15) is 13.2 Å². The van der Waals surface area contributed by atoms with Crippen molar-refractivity contribution in [2.75, 3.05) is 0 Å². The van der Waals surface area contributed by atoms with Gasteiger partial charge in [0.1, 0.15) is 5.75 Å². The first kappa shape index (κ1) is 12.5. The van der Waals surface area contributed by atoms with Crippen molar-refractivity contribution >= 4 is 5.65 Å². The van der Waals surface area contributed by atoms with Crippen LogP contribution in [0, 0.1) is 0 Å². The average Bonchev–Trinajstić information content (AvgIpc) is 2.81. The molecular formula is C13H8F3N3O. The normalized spacial score (nSPS) is 11.8. The molecule has 3 rings (SSSR count). The lowest BCUT2D eigenvalue weighted by Crippen LogP contribution is -2.17. The van der Waals surface area contributed by atoms with Crippen molar-refractivity contribution in [1.82, 2.24) is 14.6 Å². The van der Waals surface area contributed by atoms with Gasteiger partial charge in [-0.05, 0) is 24.3 Å². The Morgan fingerprint density at radius 2 is 1.85 bits per heavy atom. The molecule has 0 amide bonds. The Kier molecular flexibility index (Phi) is 2.81. The van der Waals surface area contributed by atoms with Gasteiger partial charge in [-0.3, -0.25) is 4.40 Å². The van der Waals surface area contributed by atoms with Gasteiger partial charge >= 0.3 is 6.36 Å². The Morgan fingerprint density at radius 3 is 2.65 bits per heavy atom. The summed E-state index contributed by atoms with van der Waals surface area (Å²) in [7, 11) is 0. The van der Waals surface area contributed by atoms with E-state index >= 15 is 0 Å². The molecule has 0 N–H and O–H groups in total. The highest BCUT2D eigenvalue weighted by molar-refractivity contribution is 5.61. The fourth-order valence-corrected chi connectivity index (χ4v) is 1.87. The van der Waals surface area contributed by atoms with Crippen LogP contribution in [0.15, 0.2) is 48.7 Å². The molecule has 7 heteroatoms. The Hall–Kier alpha value is -2.57. The van der Waals surface area contributed by atoms with Gasteiger partial charge in [-0.1, -0.05) is 18.2 Å². The van der Waals surface area contributed by atoms with Crippen LogP contribution < -0.4 is 4.74 Å². The van der Waals surface area contributed by atoms with Gasteiger partial charge < -0.3 is 4.74 Å². The number of ether oxygens (including phenoxy) is 1. The van der Waals surface area contributed by atoms with E-state index in [1.165, 1.54) is 18.2 Å². The van der Waals surface area contributed by atoms with Crippen LogP contribution in [0.3, 0.4) is 0 Å². The molecule has 0 aliphatic carbocycles. The highest BCUT2D eigenvalue weighted by atomic mass is 19.4. The zero-order chi connectivity index (χ0) is 14.2. The smallest absolute Gasteiger partial charge is 0.406 e. The molecule has 0 saturated heterocycles. The second-order valence-corrected chi connectivity index (χ2v) is 4.03. The third kappa shape index (κ3) is 2.42. The third-order valence-electron chi connectivity index (χ3n) is 2.64. The van der Waals surface area contributed by atoms with E-state index in [1.807, 2.05) is 0 Å². The molecule has 4 nitrogen and oxygen atoms in total. The summed E-state index contributed by atoms with van der Waals surface area (Å²) in [6.07, 6.45) is -2.98. The molecule has 0 aliphatic rings. The Labute approximate surface area is 111 Å². The molecular weight excluding hydrogens is 271 g/mol. The standard InChI is InChI=1S/C13H8F3N3O/c14-13(15,16)20-10-5-3-4-9(8-10)12-18-17-11-6-1-2-7-19(11)12/h1-8H. The number of hydrogen-bond donors (Lipinski definition) is 0. The lowest BCUT2D eigenvalue weighted by atomic mass is 10.2. The van der Waals surface area contributed by atoms with Gasteiger partial charge in [-0.15, -0.1) is 23.4 Å². The first-order chi connectivity index (χ1) is 9.53. The number of pyridine rings is 1. The van der Waals surface area contributed by atoms with Crippen LogP contribution >= 0.6 is 0 Å². The molecule has 0 bridgehead atoms. The topological polar surface area (TPSA) is 39.4 Å². The van der Waals surface area contributed by atoms with Crippen molar-refractivity contribution < 1.29 is 17.9 Å². The number of hydrogen-bond acceptors (Lipinski definition) is 3. The predicted octanol–water partition coefficient (Wildman–Crippen LogP) is 3.29. The Balaban J connectivity index is 2.04. The molecule has 20 heavy (non-hydrogen) atoms. The van der Waals surface area contributed by atoms with Gasteiger partial charge in [-0.2, -0.15) is 0 Å². The van der Waals surface area contributed by atoms with E-state index in [-0.39, 0.29) is 5.75 Å². The molecule has 102 valence electrons. The number of rotatable bonds is 2. The minimum absolute atomic E-state index is 0.289. The zero-order valence-electron chi connectivity index (χ0n) is 10.0. The fourth-order valence-electron chi connectivity index (χ4n) is 1.87. The number of benzene rings is 1. The van der Waals surface area contributed by atoms with E-state index < -0.39 is 6.36 Å². The fraction of sp³-hybridized carbons (Fsp3) is 0.0769. The largest absolute Gasteiger partial charge is 0.573 e. The number of halogens is 3. The maximum absolute atomic E-state index is 12.2. The monoisotopic (exact) mass is 279 g/mol. The summed E-state index contributed by atoms with van der Waals surface area (Å²) >= 11 is 0. The summed E-state index contributed by atoms with van der Waals surface area (Å²) in [5, 5.41) is 7.93. The molecule has 0 radical (unpaired) electrons. The van der Waals surface area contributed by atoms with Crippen LogP contribution in [-0.2, 0) is 0 Å². The van der Waals surface area contributed by atoms with Crippen LogP contribution in [-0.4, -0.2) is 21.0 Å². The average molecular weight is 279 g/mol. The van der Waals surface area contributed by atoms with E-state index in [2.05, 4.69) is 14.9 Å². The Bertz CT molecular complexity index is 752. The minimum atomic E-state index is -4.72. The summed E-state index contributed by atoms with van der Waals surface area (Å²) in [6, 6.07) is 11.0. The van der Waals surface area contributed by atoms with E-state index in [0.29, 0.717) is 17.0 Å². The highest BCUT2D eigenvalue weighted by Crippen LogP contribution is 2.27. The van der Waals surface area contributed by atoms with Crippen molar-refractivity contribution in [1.29, 1.82) is 0 Å². The Morgan fingerprint density at radius 1 is 1.00 bits per heavy atom. The molecule has 0 fully saturated rings. The van der Waals surface area contributed by atoms with Crippen molar-refractivity contribution in [2.45, 2.75) is 6.36 Å². The molecule has 1 aromatic carbocycles. The molecule has 0 atom stereocenters. The number of aromatic nitrogens is 3. The van der Waals surface area contributed by atoms with Crippen molar-refractivity contribution in [2.24, 2.45) is 0 Å². The highest BCUT2D eigenvalue weighted by Gasteiger charge is 2.31. The lowest BCUT2D eigenvalue weighted by Gasteiger charge is -2.09. The summed E-state index contributed by atoms with van der Waals surface area (Å²) < 4.78 is 42.2. The van der Waals surface area contributed by atoms with Crippen molar-refractivity contribution in [3.05, 3.63) is 48.7 Å². The van der Waals surface area contributed by atoms with Crippen molar-refractivity contribution in [3.63, 3.8) is 0 Å². The van der Waals surface area contributed by atoms with Gasteiger partial charge in [0.15, 0.2) is 11.5 Å². The van der Waals surface area contributed by atoms with E-state index in [4.69, 9.17) is 0 Å². The van der Waals surface area contributed by atoms with Gasteiger partial charge in [0.25, 0.3) is 0 Å². The second-order valence-electron chi connectivity index (χ2n) is 4.03. The third-order valence-corrected chi connectivity index (χ3v) is 2.64. The summed E-state index contributed by atoms with van der Waals surface area (Å²) in [6.45, 7) is 0. The number of alkyl halides is 3. The first-order valence-corrected chi connectivity index (χ1v) is 5.69. The van der Waals surface area contributed by atoms with Crippen LogP contribution in [0.4, 0.5) is 13.2 Å². The van der Waals surface area contributed by atoms with E-state index in [0.717, 1.165) is 0 Å². The molecule has 2 heterocycles. The van der Waals surface area contributed by atoms with Crippen LogP contribution in [0.1, 0.15) is 0 Å². The van der Waals surface area contributed by atoms with Crippen molar-refractivity contribution in [3.8, 4) is 17.1 Å². The van der Waals surface area contributed by atoms with Gasteiger partial charge in [0.2, 0.25) is 0 Å². The van der Waals surface area contributed by atoms with Crippen LogP contribution in [0.5, 0.6) is 5.75 Å². The molecule has 2 aromatic heterocycles. The van der Waals surface area contributed by atoms with Gasteiger partial charge in [-0.25, -0.2) is 0 Å². The zero-order valence-corrected chi connectivity index (χ0v) is 10.0. The van der Waals surface area contributed by atoms with Crippen LogP contribution in [0.2, 0.25) is 0 Å². The number of fused-ring (bicyclic) bond motifs is 1. The molecule has 0 spiro atoms. The van der Waals surface area contributed by atoms with Crippen LogP contribution in [0.25, 0.3) is 17.0 Å². The summed E-state index contributed by atoms with van der Waals surface area (Å²) in [5.41, 5.74) is 1.11. The second kappa shape index (κ2) is 4.52. The maximum Gasteiger partial charge on any atom is 0.573 e. The first-order valence-electron chi connectivity index (χ1n) is 5.69. The molecule has 0 aliphatic heterocycles. The predicted molar refractivity (Wildman–Crippen MR) is 65.1 cm³/mol. The lowest BCUT2D eigenvalue weighted by molar-refractivity contribution is -0.274. The molecule has 0 saturated carbocycles. The van der Waals surface area contributed by atoms with Gasteiger partial charge in [0.05, 0.1) is 0 Å². The summed E-state index contributed by atoms with van der Waals surface area (Å²) in [4.78, 5) is 0. The number of nitrogens with zero attached hydrogens (tertiary/aromatic N) is 3.